The number of pyridine rings is 1. The Morgan fingerprint density at radius 3 is 2.74 bits per heavy atom. The Bertz CT molecular complexity index is 1390. The van der Waals surface area contributed by atoms with E-state index < -0.39 is 0 Å². The van der Waals surface area contributed by atoms with Crippen molar-refractivity contribution in [3.05, 3.63) is 72.4 Å². The number of aromatic amines is 1. The number of hydrogen-bond acceptors (Lipinski definition) is 7. The van der Waals surface area contributed by atoms with E-state index in [9.17, 15) is 0 Å². The summed E-state index contributed by atoms with van der Waals surface area (Å²) in [5.74, 6) is 1.70. The molecular weight excluding hydrogens is 428 g/mol. The molecule has 9 heteroatoms. The van der Waals surface area contributed by atoms with Crippen LogP contribution >= 0.6 is 0 Å². The summed E-state index contributed by atoms with van der Waals surface area (Å²) in [4.78, 5) is 9.12. The fraction of sp³-hybridized carbons (Fsp3) is 0.280. The van der Waals surface area contributed by atoms with E-state index in [1.54, 1.807) is 12.4 Å². The zero-order valence-corrected chi connectivity index (χ0v) is 18.6. The van der Waals surface area contributed by atoms with E-state index in [0.717, 1.165) is 46.6 Å². The predicted molar refractivity (Wildman–Crippen MR) is 126 cm³/mol. The SMILES string of the molecule is c1ccc(COc2cccc(-c3cnc4c(-c5nn[nH]n5)cnn4c3C3CCCCC3)c2)nc1. The minimum atomic E-state index is 0.408. The third-order valence-electron chi connectivity index (χ3n) is 6.40. The van der Waals surface area contributed by atoms with Crippen LogP contribution in [-0.4, -0.2) is 40.2 Å². The van der Waals surface area contributed by atoms with Crippen molar-refractivity contribution in [1.29, 1.82) is 0 Å². The van der Waals surface area contributed by atoms with E-state index in [1.165, 1.54) is 25.0 Å². The van der Waals surface area contributed by atoms with Gasteiger partial charge >= 0.3 is 0 Å². The lowest BCUT2D eigenvalue weighted by Gasteiger charge is -2.25. The van der Waals surface area contributed by atoms with Gasteiger partial charge in [-0.25, -0.2) is 9.50 Å². The first-order chi connectivity index (χ1) is 16.9. The first-order valence-corrected chi connectivity index (χ1v) is 11.6. The molecule has 0 bridgehead atoms. The van der Waals surface area contributed by atoms with E-state index in [4.69, 9.17) is 14.8 Å². The molecule has 1 aromatic carbocycles. The Morgan fingerprint density at radius 1 is 0.971 bits per heavy atom. The van der Waals surface area contributed by atoms with Gasteiger partial charge in [0, 0.05) is 23.9 Å². The van der Waals surface area contributed by atoms with Crippen LogP contribution in [0.4, 0.5) is 0 Å². The fourth-order valence-corrected chi connectivity index (χ4v) is 4.77. The average molecular weight is 453 g/mol. The number of rotatable bonds is 6. The maximum Gasteiger partial charge on any atom is 0.210 e. The summed E-state index contributed by atoms with van der Waals surface area (Å²) in [5.41, 5.74) is 5.72. The number of aromatic nitrogens is 8. The minimum absolute atomic E-state index is 0.408. The molecule has 4 heterocycles. The van der Waals surface area contributed by atoms with Gasteiger partial charge in [0.15, 0.2) is 5.65 Å². The quantitative estimate of drug-likeness (QED) is 0.401. The molecule has 0 unspecified atom stereocenters. The first-order valence-electron chi connectivity index (χ1n) is 11.6. The zero-order chi connectivity index (χ0) is 22.7. The number of hydrogen-bond donors (Lipinski definition) is 1. The van der Waals surface area contributed by atoms with E-state index in [0.29, 0.717) is 18.3 Å². The molecule has 1 aliphatic rings. The zero-order valence-electron chi connectivity index (χ0n) is 18.6. The van der Waals surface area contributed by atoms with Gasteiger partial charge in [-0.3, -0.25) is 4.98 Å². The van der Waals surface area contributed by atoms with Crippen LogP contribution in [-0.2, 0) is 6.61 Å². The van der Waals surface area contributed by atoms with E-state index >= 15 is 0 Å². The summed E-state index contributed by atoms with van der Waals surface area (Å²) < 4.78 is 8.02. The molecule has 34 heavy (non-hydrogen) atoms. The van der Waals surface area contributed by atoms with Crippen LogP contribution in [0.2, 0.25) is 0 Å². The maximum absolute atomic E-state index is 6.05. The number of tetrazole rings is 1. The van der Waals surface area contributed by atoms with Crippen molar-refractivity contribution in [1.82, 2.24) is 40.2 Å². The van der Waals surface area contributed by atoms with Crippen LogP contribution in [0.1, 0.15) is 49.4 Å². The lowest BCUT2D eigenvalue weighted by atomic mass is 9.84. The van der Waals surface area contributed by atoms with Crippen molar-refractivity contribution < 1.29 is 4.74 Å². The molecule has 0 radical (unpaired) electrons. The molecule has 1 aliphatic carbocycles. The van der Waals surface area contributed by atoms with Gasteiger partial charge in [0.1, 0.15) is 12.4 Å². The molecular formula is C25H24N8O. The number of H-pyrrole nitrogens is 1. The highest BCUT2D eigenvalue weighted by molar-refractivity contribution is 5.75. The standard InChI is InChI=1S/C25H24N8O/c1-2-7-17(8-3-1)23-21(14-27-25-22(15-28-33(23)25)24-29-31-32-30-24)18-9-6-11-20(13-18)34-16-19-10-4-5-12-26-19/h4-6,9-15,17H,1-3,7-8,16H2,(H,29,30,31,32). The van der Waals surface area contributed by atoms with Crippen LogP contribution in [0.25, 0.3) is 28.2 Å². The van der Waals surface area contributed by atoms with Gasteiger partial charge in [-0.05, 0) is 47.9 Å². The molecule has 1 N–H and O–H groups in total. The normalized spacial score (nSPS) is 14.5. The van der Waals surface area contributed by atoms with Crippen molar-refractivity contribution >= 4 is 5.65 Å². The monoisotopic (exact) mass is 452 g/mol. The second kappa shape index (κ2) is 9.01. The number of ether oxygens (including phenoxy) is 1. The molecule has 0 spiro atoms. The summed E-state index contributed by atoms with van der Waals surface area (Å²) in [6.07, 6.45) is 11.5. The average Bonchev–Trinajstić information content (AvgIpc) is 3.58. The molecule has 1 fully saturated rings. The third-order valence-corrected chi connectivity index (χ3v) is 6.40. The van der Waals surface area contributed by atoms with E-state index in [1.807, 2.05) is 41.0 Å². The van der Waals surface area contributed by atoms with Gasteiger partial charge in [-0.1, -0.05) is 37.5 Å². The Balaban J connectivity index is 1.41. The highest BCUT2D eigenvalue weighted by Gasteiger charge is 2.25. The smallest absolute Gasteiger partial charge is 0.210 e. The van der Waals surface area contributed by atoms with Crippen molar-refractivity contribution in [2.45, 2.75) is 44.6 Å². The fourth-order valence-electron chi connectivity index (χ4n) is 4.77. The molecule has 170 valence electrons. The van der Waals surface area contributed by atoms with Crippen LogP contribution in [0.3, 0.4) is 0 Å². The van der Waals surface area contributed by atoms with Crippen molar-refractivity contribution in [3.63, 3.8) is 0 Å². The first kappa shape index (κ1) is 20.5. The highest BCUT2D eigenvalue weighted by Crippen LogP contribution is 2.39. The molecule has 1 saturated carbocycles. The summed E-state index contributed by atoms with van der Waals surface area (Å²) in [7, 11) is 0. The van der Waals surface area contributed by atoms with Crippen molar-refractivity contribution in [3.8, 4) is 28.3 Å². The summed E-state index contributed by atoms with van der Waals surface area (Å²) in [6, 6.07) is 14.0. The van der Waals surface area contributed by atoms with Gasteiger partial charge < -0.3 is 4.74 Å². The topological polar surface area (TPSA) is 107 Å². The van der Waals surface area contributed by atoms with E-state index in [2.05, 4.69) is 37.7 Å². The van der Waals surface area contributed by atoms with Crippen molar-refractivity contribution in [2.24, 2.45) is 0 Å². The molecule has 5 aromatic rings. The second-order valence-electron chi connectivity index (χ2n) is 8.56. The third kappa shape index (κ3) is 3.89. The summed E-state index contributed by atoms with van der Waals surface area (Å²) >= 11 is 0. The summed E-state index contributed by atoms with van der Waals surface area (Å²) in [5, 5.41) is 19.2. The Kier molecular flexibility index (Phi) is 5.42. The van der Waals surface area contributed by atoms with Crippen LogP contribution in [0.5, 0.6) is 5.75 Å². The molecule has 0 saturated heterocycles. The Labute approximate surface area is 196 Å². The van der Waals surface area contributed by atoms with Gasteiger partial charge in [-0.15, -0.1) is 10.2 Å². The van der Waals surface area contributed by atoms with Crippen molar-refractivity contribution in [2.75, 3.05) is 0 Å². The van der Waals surface area contributed by atoms with Gasteiger partial charge in [0.05, 0.1) is 23.1 Å². The van der Waals surface area contributed by atoms with Gasteiger partial charge in [-0.2, -0.15) is 10.3 Å². The van der Waals surface area contributed by atoms with E-state index in [-0.39, 0.29) is 0 Å². The molecule has 0 aliphatic heterocycles. The molecule has 9 nitrogen and oxygen atoms in total. The van der Waals surface area contributed by atoms with Gasteiger partial charge in [0.25, 0.3) is 0 Å². The van der Waals surface area contributed by atoms with Crippen LogP contribution in [0, 0.1) is 0 Å². The maximum atomic E-state index is 6.05. The van der Waals surface area contributed by atoms with Crippen LogP contribution in [0.15, 0.2) is 61.1 Å². The second-order valence-corrected chi connectivity index (χ2v) is 8.56. The van der Waals surface area contributed by atoms with Gasteiger partial charge in [0.2, 0.25) is 5.82 Å². The Hall–Kier alpha value is -4.14. The lowest BCUT2D eigenvalue weighted by molar-refractivity contribution is 0.301. The lowest BCUT2D eigenvalue weighted by Crippen LogP contribution is -2.12. The summed E-state index contributed by atoms with van der Waals surface area (Å²) in [6.45, 7) is 0.421. The van der Waals surface area contributed by atoms with Crippen LogP contribution < -0.4 is 4.74 Å². The minimum Gasteiger partial charge on any atom is -0.487 e. The number of nitrogens with zero attached hydrogens (tertiary/aromatic N) is 7. The number of benzene rings is 1. The molecule has 4 aromatic heterocycles. The highest BCUT2D eigenvalue weighted by atomic mass is 16.5. The number of fused-ring (bicyclic) bond motifs is 1. The Morgan fingerprint density at radius 2 is 1.91 bits per heavy atom. The molecule has 0 atom stereocenters. The largest absolute Gasteiger partial charge is 0.487 e. The number of nitrogens with one attached hydrogen (secondary N) is 1. The predicted octanol–water partition coefficient (Wildman–Crippen LogP) is 4.60. The molecule has 6 rings (SSSR count). The molecule has 0 amide bonds.